The van der Waals surface area contributed by atoms with Crippen molar-refractivity contribution in [3.63, 3.8) is 0 Å². The highest BCUT2D eigenvalue weighted by Crippen LogP contribution is 2.37. The summed E-state index contributed by atoms with van der Waals surface area (Å²) in [4.78, 5) is 11.6. The van der Waals surface area contributed by atoms with E-state index in [1.807, 2.05) is 6.08 Å². The highest BCUT2D eigenvalue weighted by atomic mass is 19.2. The molecule has 3 rings (SSSR count). The molecule has 0 bridgehead atoms. The third-order valence-electron chi connectivity index (χ3n) is 5.39. The van der Waals surface area contributed by atoms with Gasteiger partial charge in [-0.25, -0.2) is 0 Å². The van der Waals surface area contributed by atoms with Crippen LogP contribution in [0.5, 0.6) is 11.5 Å². The molecule has 0 amide bonds. The fourth-order valence-corrected chi connectivity index (χ4v) is 3.94. The first-order valence-electron chi connectivity index (χ1n) is 9.55. The van der Waals surface area contributed by atoms with Crippen LogP contribution in [-0.4, -0.2) is 19.0 Å². The molecule has 0 spiro atoms. The Balaban J connectivity index is 1.51. The molecule has 142 valence electrons. The molecule has 0 aliphatic heterocycles. The molecule has 0 saturated heterocycles. The molecule has 0 heterocycles. The smallest absolute Gasteiger partial charge is 0.204 e. The number of hydrogen-bond donors (Lipinski definition) is 0. The minimum Gasteiger partial charge on any atom is -0.491 e. The molecule has 2 aliphatic rings. The van der Waals surface area contributed by atoms with Gasteiger partial charge in [-0.3, -0.25) is 4.79 Å². The van der Waals surface area contributed by atoms with E-state index < -0.39 is 11.6 Å². The Morgan fingerprint density at radius 1 is 1.00 bits per heavy atom. The zero-order valence-corrected chi connectivity index (χ0v) is 15.2. The second kappa shape index (κ2) is 8.65. The van der Waals surface area contributed by atoms with E-state index in [0.717, 1.165) is 38.5 Å². The van der Waals surface area contributed by atoms with Gasteiger partial charge in [-0.1, -0.05) is 5.57 Å². The molecule has 5 heteroatoms. The lowest BCUT2D eigenvalue weighted by atomic mass is 9.76. The van der Waals surface area contributed by atoms with E-state index in [4.69, 9.17) is 9.47 Å². The van der Waals surface area contributed by atoms with Crippen LogP contribution in [0.4, 0.5) is 8.78 Å². The van der Waals surface area contributed by atoms with Gasteiger partial charge >= 0.3 is 0 Å². The summed E-state index contributed by atoms with van der Waals surface area (Å²) in [5.74, 6) is -1.06. The maximum atomic E-state index is 14.1. The SMILES string of the molecule is CCOc1ccc(OCC2CCC(C3=CC(=O)CCC3)CC2)c(F)c1F. The van der Waals surface area contributed by atoms with E-state index in [2.05, 4.69) is 0 Å². The lowest BCUT2D eigenvalue weighted by Gasteiger charge is -2.31. The van der Waals surface area contributed by atoms with E-state index in [9.17, 15) is 13.6 Å². The quantitative estimate of drug-likeness (QED) is 0.693. The fraction of sp³-hybridized carbons (Fsp3) is 0.571. The molecule has 0 unspecified atom stereocenters. The number of carbonyl (C=O) groups is 1. The Labute approximate surface area is 153 Å². The van der Waals surface area contributed by atoms with Crippen LogP contribution < -0.4 is 9.47 Å². The normalized spacial score (nSPS) is 23.5. The molecular formula is C21H26F2O3. The van der Waals surface area contributed by atoms with Gasteiger partial charge in [0.15, 0.2) is 17.3 Å². The van der Waals surface area contributed by atoms with E-state index in [0.29, 0.717) is 24.9 Å². The summed E-state index contributed by atoms with van der Waals surface area (Å²) in [7, 11) is 0. The summed E-state index contributed by atoms with van der Waals surface area (Å²) in [5.41, 5.74) is 1.31. The van der Waals surface area contributed by atoms with E-state index in [1.165, 1.54) is 17.7 Å². The number of hydrogen-bond acceptors (Lipinski definition) is 3. The van der Waals surface area contributed by atoms with Crippen molar-refractivity contribution in [1.29, 1.82) is 0 Å². The second-order valence-electron chi connectivity index (χ2n) is 7.19. The number of benzene rings is 1. The molecule has 1 aromatic carbocycles. The maximum absolute atomic E-state index is 14.1. The monoisotopic (exact) mass is 364 g/mol. The first-order chi connectivity index (χ1) is 12.6. The van der Waals surface area contributed by atoms with Gasteiger partial charge in [-0.05, 0) is 75.5 Å². The number of allylic oxidation sites excluding steroid dienone is 2. The van der Waals surface area contributed by atoms with Gasteiger partial charge in [0.1, 0.15) is 0 Å². The van der Waals surface area contributed by atoms with Gasteiger partial charge in [0, 0.05) is 6.42 Å². The Kier molecular flexibility index (Phi) is 6.28. The average molecular weight is 364 g/mol. The number of ether oxygens (including phenoxy) is 2. The number of ketones is 1. The molecule has 0 aromatic heterocycles. The molecule has 26 heavy (non-hydrogen) atoms. The van der Waals surface area contributed by atoms with Gasteiger partial charge in [0.05, 0.1) is 13.2 Å². The molecular weight excluding hydrogens is 338 g/mol. The van der Waals surface area contributed by atoms with E-state index >= 15 is 0 Å². The summed E-state index contributed by atoms with van der Waals surface area (Å²) in [6.45, 7) is 2.38. The Morgan fingerprint density at radius 2 is 1.65 bits per heavy atom. The number of carbonyl (C=O) groups excluding carboxylic acids is 1. The van der Waals surface area contributed by atoms with E-state index in [-0.39, 0.29) is 23.9 Å². The molecule has 1 saturated carbocycles. The third-order valence-corrected chi connectivity index (χ3v) is 5.39. The fourth-order valence-electron chi connectivity index (χ4n) is 3.94. The maximum Gasteiger partial charge on any atom is 0.204 e. The Bertz CT molecular complexity index is 676. The van der Waals surface area contributed by atoms with Gasteiger partial charge in [0.2, 0.25) is 11.6 Å². The van der Waals surface area contributed by atoms with Crippen molar-refractivity contribution in [3.8, 4) is 11.5 Å². The molecule has 1 aromatic rings. The van der Waals surface area contributed by atoms with Gasteiger partial charge < -0.3 is 9.47 Å². The minimum absolute atomic E-state index is 0.0614. The van der Waals surface area contributed by atoms with Crippen LogP contribution in [0.2, 0.25) is 0 Å². The van der Waals surface area contributed by atoms with Crippen LogP contribution in [0.1, 0.15) is 51.9 Å². The van der Waals surface area contributed by atoms with Crippen molar-refractivity contribution in [3.05, 3.63) is 35.4 Å². The minimum atomic E-state index is -0.998. The first-order valence-corrected chi connectivity index (χ1v) is 9.55. The van der Waals surface area contributed by atoms with Crippen LogP contribution in [0.3, 0.4) is 0 Å². The molecule has 0 atom stereocenters. The summed E-state index contributed by atoms with van der Waals surface area (Å²) in [5, 5.41) is 0. The van der Waals surface area contributed by atoms with Crippen molar-refractivity contribution in [2.75, 3.05) is 13.2 Å². The number of halogens is 2. The van der Waals surface area contributed by atoms with Crippen LogP contribution in [0.25, 0.3) is 0 Å². The van der Waals surface area contributed by atoms with Gasteiger partial charge in [-0.15, -0.1) is 0 Å². The highest BCUT2D eigenvalue weighted by Gasteiger charge is 2.26. The third kappa shape index (κ3) is 4.43. The van der Waals surface area contributed by atoms with Gasteiger partial charge in [-0.2, -0.15) is 8.78 Å². The van der Waals surface area contributed by atoms with Crippen LogP contribution in [0, 0.1) is 23.5 Å². The number of rotatable bonds is 6. The van der Waals surface area contributed by atoms with E-state index in [1.54, 1.807) is 6.92 Å². The van der Waals surface area contributed by atoms with Gasteiger partial charge in [0.25, 0.3) is 0 Å². The largest absolute Gasteiger partial charge is 0.491 e. The topological polar surface area (TPSA) is 35.5 Å². The summed E-state index contributed by atoms with van der Waals surface area (Å²) in [6, 6.07) is 2.83. The Hall–Kier alpha value is -1.91. The summed E-state index contributed by atoms with van der Waals surface area (Å²) < 4.78 is 38.5. The highest BCUT2D eigenvalue weighted by molar-refractivity contribution is 5.91. The predicted molar refractivity (Wildman–Crippen MR) is 95.4 cm³/mol. The zero-order valence-electron chi connectivity index (χ0n) is 15.2. The molecule has 2 aliphatic carbocycles. The van der Waals surface area contributed by atoms with Crippen LogP contribution in [-0.2, 0) is 4.79 Å². The lowest BCUT2D eigenvalue weighted by molar-refractivity contribution is -0.115. The van der Waals surface area contributed by atoms with Crippen molar-refractivity contribution in [1.82, 2.24) is 0 Å². The summed E-state index contributed by atoms with van der Waals surface area (Å²) >= 11 is 0. The summed E-state index contributed by atoms with van der Waals surface area (Å²) in [6.07, 6.45) is 8.57. The standard InChI is InChI=1S/C21H26F2O3/c1-2-25-18-10-11-19(21(23)20(18)22)26-13-14-6-8-15(9-7-14)16-4-3-5-17(24)12-16/h10-12,14-15H,2-9,13H2,1H3. The van der Waals surface area contributed by atoms with Crippen molar-refractivity contribution < 1.29 is 23.0 Å². The van der Waals surface area contributed by atoms with Crippen LogP contribution >= 0.6 is 0 Å². The molecule has 0 radical (unpaired) electrons. The van der Waals surface area contributed by atoms with Crippen LogP contribution in [0.15, 0.2) is 23.8 Å². The molecule has 0 N–H and O–H groups in total. The van der Waals surface area contributed by atoms with Crippen molar-refractivity contribution >= 4 is 5.78 Å². The average Bonchev–Trinajstić information content (AvgIpc) is 2.65. The Morgan fingerprint density at radius 3 is 2.27 bits per heavy atom. The van der Waals surface area contributed by atoms with Crippen molar-refractivity contribution in [2.45, 2.75) is 51.9 Å². The second-order valence-corrected chi connectivity index (χ2v) is 7.19. The lowest BCUT2D eigenvalue weighted by Crippen LogP contribution is -2.22. The van der Waals surface area contributed by atoms with Crippen molar-refractivity contribution in [2.24, 2.45) is 11.8 Å². The molecule has 1 fully saturated rings. The molecule has 3 nitrogen and oxygen atoms in total. The predicted octanol–water partition coefficient (Wildman–Crippen LogP) is 5.23. The first kappa shape index (κ1) is 18.9. The zero-order chi connectivity index (χ0) is 18.5.